The second-order valence-electron chi connectivity index (χ2n) is 6.52. The van der Waals surface area contributed by atoms with Gasteiger partial charge in [-0.2, -0.15) is 0 Å². The van der Waals surface area contributed by atoms with Gasteiger partial charge in [-0.25, -0.2) is 0 Å². The van der Waals surface area contributed by atoms with E-state index in [9.17, 15) is 10.2 Å². The Balaban J connectivity index is 1.52. The van der Waals surface area contributed by atoms with Crippen molar-refractivity contribution in [2.75, 3.05) is 19.7 Å². The molecule has 4 nitrogen and oxygen atoms in total. The lowest BCUT2D eigenvalue weighted by atomic mass is 9.86. The van der Waals surface area contributed by atoms with Crippen LogP contribution in [0.3, 0.4) is 0 Å². The second kappa shape index (κ2) is 8.98. The molecule has 3 atom stereocenters. The summed E-state index contributed by atoms with van der Waals surface area (Å²) < 4.78 is 5.77. The zero-order valence-electron chi connectivity index (χ0n) is 12.6. The minimum atomic E-state index is -0.433. The van der Waals surface area contributed by atoms with E-state index in [0.717, 1.165) is 38.6 Å². The largest absolute Gasteiger partial charge is 0.393 e. The van der Waals surface area contributed by atoms with Crippen LogP contribution in [0.4, 0.5) is 0 Å². The van der Waals surface area contributed by atoms with Crippen molar-refractivity contribution in [2.45, 2.75) is 76.1 Å². The molecule has 0 radical (unpaired) electrons. The normalized spacial score (nSPS) is 30.3. The molecule has 118 valence electrons. The lowest BCUT2D eigenvalue weighted by molar-refractivity contribution is -0.0238. The molecule has 0 aromatic carbocycles. The molecule has 0 aromatic heterocycles. The van der Waals surface area contributed by atoms with Crippen LogP contribution in [0, 0.1) is 5.92 Å². The highest BCUT2D eigenvalue weighted by Crippen LogP contribution is 2.23. The summed E-state index contributed by atoms with van der Waals surface area (Å²) >= 11 is 0. The van der Waals surface area contributed by atoms with Crippen LogP contribution in [-0.2, 0) is 4.74 Å². The Kier molecular flexibility index (Phi) is 7.28. The van der Waals surface area contributed by atoms with Crippen LogP contribution in [0.2, 0.25) is 0 Å². The van der Waals surface area contributed by atoms with E-state index < -0.39 is 6.10 Å². The minimum Gasteiger partial charge on any atom is -0.393 e. The molecule has 0 aromatic rings. The monoisotopic (exact) mass is 285 g/mol. The molecule has 20 heavy (non-hydrogen) atoms. The summed E-state index contributed by atoms with van der Waals surface area (Å²) in [7, 11) is 0. The molecule has 4 heteroatoms. The van der Waals surface area contributed by atoms with Crippen LogP contribution in [-0.4, -0.2) is 48.2 Å². The zero-order chi connectivity index (χ0) is 14.2. The summed E-state index contributed by atoms with van der Waals surface area (Å²) in [5.74, 6) is 0.357. The topological polar surface area (TPSA) is 61.7 Å². The van der Waals surface area contributed by atoms with E-state index in [4.69, 9.17) is 4.74 Å². The quantitative estimate of drug-likeness (QED) is 0.668. The summed E-state index contributed by atoms with van der Waals surface area (Å²) in [5, 5.41) is 23.1. The molecule has 2 aliphatic rings. The molecule has 3 N–H and O–H groups in total. The van der Waals surface area contributed by atoms with Crippen LogP contribution >= 0.6 is 0 Å². The highest BCUT2D eigenvalue weighted by atomic mass is 16.5. The Labute approximate surface area is 122 Å². The standard InChI is InChI=1S/C16H31NO3/c18-14(12-20-15-7-2-1-3-8-15)11-17-10-13-6-4-5-9-16(13)19/h13-19H,1-12H2. The van der Waals surface area contributed by atoms with Gasteiger partial charge in [0.05, 0.1) is 24.9 Å². The number of hydrogen-bond acceptors (Lipinski definition) is 4. The van der Waals surface area contributed by atoms with E-state index in [1.807, 2.05) is 0 Å². The average Bonchev–Trinajstić information content (AvgIpc) is 2.48. The highest BCUT2D eigenvalue weighted by molar-refractivity contribution is 4.76. The first-order valence-electron chi connectivity index (χ1n) is 8.44. The summed E-state index contributed by atoms with van der Waals surface area (Å²) in [6.45, 7) is 1.81. The van der Waals surface area contributed by atoms with Crippen molar-refractivity contribution in [1.82, 2.24) is 5.32 Å². The van der Waals surface area contributed by atoms with Crippen LogP contribution in [0.5, 0.6) is 0 Å². The number of nitrogens with one attached hydrogen (secondary N) is 1. The number of aliphatic hydroxyl groups is 2. The third-order valence-corrected chi connectivity index (χ3v) is 4.73. The zero-order valence-corrected chi connectivity index (χ0v) is 12.6. The molecule has 3 unspecified atom stereocenters. The molecule has 2 saturated carbocycles. The maximum atomic E-state index is 9.93. The first kappa shape index (κ1) is 16.2. The Morgan fingerprint density at radius 2 is 1.70 bits per heavy atom. The fourth-order valence-corrected chi connectivity index (χ4v) is 3.40. The predicted octanol–water partition coefficient (Wildman–Crippen LogP) is 1.84. The first-order valence-corrected chi connectivity index (χ1v) is 8.44. The van der Waals surface area contributed by atoms with Crippen molar-refractivity contribution in [2.24, 2.45) is 5.92 Å². The van der Waals surface area contributed by atoms with Gasteiger partial charge in [0.1, 0.15) is 0 Å². The molecule has 2 aliphatic carbocycles. The van der Waals surface area contributed by atoms with Gasteiger partial charge < -0.3 is 20.3 Å². The number of ether oxygens (including phenoxy) is 1. The molecule has 0 amide bonds. The van der Waals surface area contributed by atoms with Gasteiger partial charge in [-0.15, -0.1) is 0 Å². The molecular formula is C16H31NO3. The molecule has 2 fully saturated rings. The van der Waals surface area contributed by atoms with Gasteiger partial charge in [-0.05, 0) is 31.6 Å². The fourth-order valence-electron chi connectivity index (χ4n) is 3.40. The van der Waals surface area contributed by atoms with E-state index in [0.29, 0.717) is 25.2 Å². The molecule has 0 spiro atoms. The Bertz CT molecular complexity index is 256. The SMILES string of the molecule is OC(CNCC1CCCCC1O)COC1CCCCC1. The minimum absolute atomic E-state index is 0.160. The van der Waals surface area contributed by atoms with Gasteiger partial charge in [0.2, 0.25) is 0 Å². The molecular weight excluding hydrogens is 254 g/mol. The van der Waals surface area contributed by atoms with Crippen LogP contribution in [0.1, 0.15) is 57.8 Å². The Morgan fingerprint density at radius 3 is 2.45 bits per heavy atom. The van der Waals surface area contributed by atoms with Crippen molar-refractivity contribution >= 4 is 0 Å². The summed E-state index contributed by atoms with van der Waals surface area (Å²) in [6.07, 6.45) is 10.3. The van der Waals surface area contributed by atoms with Crippen molar-refractivity contribution in [3.8, 4) is 0 Å². The lowest BCUT2D eigenvalue weighted by Crippen LogP contribution is -2.38. The molecule has 0 bridgehead atoms. The Morgan fingerprint density at radius 1 is 1.00 bits per heavy atom. The maximum Gasteiger partial charge on any atom is 0.0897 e. The van der Waals surface area contributed by atoms with Crippen molar-refractivity contribution in [3.05, 3.63) is 0 Å². The second-order valence-corrected chi connectivity index (χ2v) is 6.52. The van der Waals surface area contributed by atoms with E-state index in [1.54, 1.807) is 0 Å². The molecule has 0 heterocycles. The maximum absolute atomic E-state index is 9.93. The van der Waals surface area contributed by atoms with Crippen molar-refractivity contribution < 1.29 is 14.9 Å². The number of hydrogen-bond donors (Lipinski definition) is 3. The van der Waals surface area contributed by atoms with Gasteiger partial charge >= 0.3 is 0 Å². The van der Waals surface area contributed by atoms with Gasteiger partial charge in [-0.1, -0.05) is 32.1 Å². The third-order valence-electron chi connectivity index (χ3n) is 4.73. The average molecular weight is 285 g/mol. The number of rotatable bonds is 7. The van der Waals surface area contributed by atoms with Gasteiger partial charge in [0.15, 0.2) is 0 Å². The van der Waals surface area contributed by atoms with E-state index in [1.165, 1.54) is 25.7 Å². The predicted molar refractivity (Wildman–Crippen MR) is 79.7 cm³/mol. The van der Waals surface area contributed by atoms with Crippen LogP contribution in [0.25, 0.3) is 0 Å². The van der Waals surface area contributed by atoms with Crippen molar-refractivity contribution in [3.63, 3.8) is 0 Å². The number of aliphatic hydroxyl groups excluding tert-OH is 2. The van der Waals surface area contributed by atoms with Gasteiger partial charge in [0.25, 0.3) is 0 Å². The molecule has 2 rings (SSSR count). The van der Waals surface area contributed by atoms with E-state index >= 15 is 0 Å². The highest BCUT2D eigenvalue weighted by Gasteiger charge is 2.22. The van der Waals surface area contributed by atoms with Crippen LogP contribution < -0.4 is 5.32 Å². The lowest BCUT2D eigenvalue weighted by Gasteiger charge is -2.28. The van der Waals surface area contributed by atoms with Gasteiger partial charge in [-0.3, -0.25) is 0 Å². The van der Waals surface area contributed by atoms with E-state index in [2.05, 4.69) is 5.32 Å². The summed E-state index contributed by atoms with van der Waals surface area (Å²) in [5.41, 5.74) is 0. The third kappa shape index (κ3) is 5.68. The molecule has 0 saturated heterocycles. The first-order chi connectivity index (χ1) is 9.75. The Hall–Kier alpha value is -0.160. The van der Waals surface area contributed by atoms with Crippen molar-refractivity contribution in [1.29, 1.82) is 0 Å². The van der Waals surface area contributed by atoms with E-state index in [-0.39, 0.29) is 6.10 Å². The van der Waals surface area contributed by atoms with Gasteiger partial charge in [0, 0.05) is 13.1 Å². The van der Waals surface area contributed by atoms with Crippen LogP contribution in [0.15, 0.2) is 0 Å². The summed E-state index contributed by atoms with van der Waals surface area (Å²) in [6, 6.07) is 0. The smallest absolute Gasteiger partial charge is 0.0897 e. The summed E-state index contributed by atoms with van der Waals surface area (Å²) in [4.78, 5) is 0. The molecule has 0 aliphatic heterocycles. The fraction of sp³-hybridized carbons (Fsp3) is 1.00.